The number of hydrogen-bond donors (Lipinski definition) is 3. The average Bonchev–Trinajstić information content (AvgIpc) is 2.68. The molecule has 6 nitrogen and oxygen atoms in total. The zero-order valence-electron chi connectivity index (χ0n) is 10.1. The molecule has 0 fully saturated rings. The molecule has 0 saturated heterocycles. The van der Waals surface area contributed by atoms with E-state index < -0.39 is 0 Å². The molecule has 0 spiro atoms. The predicted molar refractivity (Wildman–Crippen MR) is 68.2 cm³/mol. The monoisotopic (exact) mass is 257 g/mol. The van der Waals surface area contributed by atoms with Gasteiger partial charge in [0.2, 0.25) is 5.88 Å². The lowest BCUT2D eigenvalue weighted by Gasteiger charge is -2.04. The highest BCUT2D eigenvalue weighted by Crippen LogP contribution is 2.30. The minimum Gasteiger partial charge on any atom is -0.504 e. The van der Waals surface area contributed by atoms with E-state index in [0.29, 0.717) is 22.6 Å². The number of aromatic nitrogens is 3. The standard InChI is InChI=1S/C13H11N3O3/c1-7-13(19)16-6-9(14-5-12(16)15-7)8-2-3-10(17)11(18)4-8/h2-6,17-19H,1H3. The van der Waals surface area contributed by atoms with E-state index in [1.165, 1.54) is 22.7 Å². The summed E-state index contributed by atoms with van der Waals surface area (Å²) in [5.74, 6) is -0.349. The Hall–Kier alpha value is -2.76. The summed E-state index contributed by atoms with van der Waals surface area (Å²) in [7, 11) is 0. The van der Waals surface area contributed by atoms with Crippen molar-refractivity contribution in [3.63, 3.8) is 0 Å². The number of phenolic OH excluding ortho intramolecular Hbond substituents is 2. The van der Waals surface area contributed by atoms with Gasteiger partial charge in [-0.25, -0.2) is 4.98 Å². The molecule has 2 heterocycles. The first-order chi connectivity index (χ1) is 9.06. The van der Waals surface area contributed by atoms with Gasteiger partial charge in [0.1, 0.15) is 5.69 Å². The van der Waals surface area contributed by atoms with E-state index in [2.05, 4.69) is 9.97 Å². The summed E-state index contributed by atoms with van der Waals surface area (Å²) < 4.78 is 1.52. The lowest BCUT2D eigenvalue weighted by molar-refractivity contribution is 0.404. The molecule has 0 amide bonds. The van der Waals surface area contributed by atoms with Crippen molar-refractivity contribution in [3.8, 4) is 28.6 Å². The SMILES string of the molecule is Cc1nc2cnc(-c3ccc(O)c(O)c3)cn2c1O. The third-order valence-electron chi connectivity index (χ3n) is 2.92. The van der Waals surface area contributed by atoms with E-state index in [1.807, 2.05) is 0 Å². The Balaban J connectivity index is 2.19. The Kier molecular flexibility index (Phi) is 2.31. The molecule has 3 aromatic rings. The van der Waals surface area contributed by atoms with Crippen LogP contribution in [0.3, 0.4) is 0 Å². The molecule has 0 aliphatic carbocycles. The van der Waals surface area contributed by atoms with Crippen LogP contribution in [0.4, 0.5) is 0 Å². The highest BCUT2D eigenvalue weighted by molar-refractivity contribution is 5.64. The summed E-state index contributed by atoms with van der Waals surface area (Å²) in [5, 5.41) is 28.6. The fraction of sp³-hybridized carbons (Fsp3) is 0.0769. The number of benzene rings is 1. The second kappa shape index (κ2) is 3.88. The molecule has 2 aromatic heterocycles. The number of rotatable bonds is 1. The zero-order chi connectivity index (χ0) is 13.6. The van der Waals surface area contributed by atoms with Crippen molar-refractivity contribution in [1.29, 1.82) is 0 Å². The van der Waals surface area contributed by atoms with Gasteiger partial charge in [-0.2, -0.15) is 0 Å². The summed E-state index contributed by atoms with van der Waals surface area (Å²) in [6.45, 7) is 1.70. The lowest BCUT2D eigenvalue weighted by Crippen LogP contribution is -1.90. The maximum Gasteiger partial charge on any atom is 0.219 e. The van der Waals surface area contributed by atoms with Crippen LogP contribution in [0.15, 0.2) is 30.6 Å². The first-order valence-electron chi connectivity index (χ1n) is 5.62. The molecule has 0 aliphatic heterocycles. The largest absolute Gasteiger partial charge is 0.504 e. The molecule has 1 aromatic carbocycles. The third kappa shape index (κ3) is 1.74. The van der Waals surface area contributed by atoms with Gasteiger partial charge in [0.25, 0.3) is 0 Å². The fourth-order valence-electron chi connectivity index (χ4n) is 1.89. The van der Waals surface area contributed by atoms with Gasteiger partial charge in [-0.05, 0) is 25.1 Å². The number of fused-ring (bicyclic) bond motifs is 1. The number of aromatic hydroxyl groups is 3. The van der Waals surface area contributed by atoms with E-state index >= 15 is 0 Å². The van der Waals surface area contributed by atoms with Crippen LogP contribution in [0.25, 0.3) is 16.9 Å². The van der Waals surface area contributed by atoms with Crippen LogP contribution >= 0.6 is 0 Å². The normalized spacial score (nSPS) is 11.0. The van der Waals surface area contributed by atoms with Crippen LogP contribution < -0.4 is 0 Å². The van der Waals surface area contributed by atoms with E-state index in [9.17, 15) is 15.3 Å². The molecule has 3 rings (SSSR count). The molecule has 96 valence electrons. The highest BCUT2D eigenvalue weighted by atomic mass is 16.3. The number of imidazole rings is 1. The third-order valence-corrected chi connectivity index (χ3v) is 2.92. The van der Waals surface area contributed by atoms with Crippen LogP contribution in [0, 0.1) is 6.92 Å². The molecule has 0 radical (unpaired) electrons. The molecule has 6 heteroatoms. The van der Waals surface area contributed by atoms with Crippen LogP contribution in [0.2, 0.25) is 0 Å². The Labute approximate surface area is 108 Å². The Morgan fingerprint density at radius 3 is 2.63 bits per heavy atom. The van der Waals surface area contributed by atoms with Crippen molar-refractivity contribution < 1.29 is 15.3 Å². The van der Waals surface area contributed by atoms with E-state index in [-0.39, 0.29) is 17.4 Å². The second-order valence-corrected chi connectivity index (χ2v) is 4.23. The topological polar surface area (TPSA) is 90.9 Å². The fourth-order valence-corrected chi connectivity index (χ4v) is 1.89. The van der Waals surface area contributed by atoms with Crippen molar-refractivity contribution in [2.24, 2.45) is 0 Å². The Morgan fingerprint density at radius 1 is 1.11 bits per heavy atom. The molecule has 0 unspecified atom stereocenters. The van der Waals surface area contributed by atoms with E-state index in [1.54, 1.807) is 19.2 Å². The molecular weight excluding hydrogens is 246 g/mol. The molecule has 3 N–H and O–H groups in total. The molecule has 0 aliphatic rings. The van der Waals surface area contributed by atoms with Crippen LogP contribution in [0.5, 0.6) is 17.4 Å². The van der Waals surface area contributed by atoms with Crippen LogP contribution in [0.1, 0.15) is 5.69 Å². The number of nitrogens with zero attached hydrogens (tertiary/aromatic N) is 3. The lowest BCUT2D eigenvalue weighted by atomic mass is 10.1. The minimum absolute atomic E-state index is 0.0571. The van der Waals surface area contributed by atoms with Crippen molar-refractivity contribution >= 4 is 5.65 Å². The Bertz CT molecular complexity index is 780. The smallest absolute Gasteiger partial charge is 0.219 e. The van der Waals surface area contributed by atoms with Crippen molar-refractivity contribution in [2.45, 2.75) is 6.92 Å². The van der Waals surface area contributed by atoms with E-state index in [0.717, 1.165) is 0 Å². The molecule has 0 saturated carbocycles. The van der Waals surface area contributed by atoms with Crippen LogP contribution in [-0.4, -0.2) is 29.7 Å². The number of hydrogen-bond acceptors (Lipinski definition) is 5. The minimum atomic E-state index is -0.217. The van der Waals surface area contributed by atoms with Gasteiger partial charge in [-0.3, -0.25) is 9.38 Å². The number of phenols is 2. The molecular formula is C13H11N3O3. The zero-order valence-corrected chi connectivity index (χ0v) is 10.1. The van der Waals surface area contributed by atoms with Crippen molar-refractivity contribution in [3.05, 3.63) is 36.3 Å². The van der Waals surface area contributed by atoms with Gasteiger partial charge in [0, 0.05) is 11.8 Å². The quantitative estimate of drug-likeness (QED) is 0.578. The predicted octanol–water partition coefficient (Wildman–Crippen LogP) is 1.82. The van der Waals surface area contributed by atoms with Gasteiger partial charge in [-0.15, -0.1) is 0 Å². The maximum atomic E-state index is 9.85. The van der Waals surface area contributed by atoms with Crippen LogP contribution in [-0.2, 0) is 0 Å². The first-order valence-corrected chi connectivity index (χ1v) is 5.62. The Morgan fingerprint density at radius 2 is 1.89 bits per heavy atom. The van der Waals surface area contributed by atoms with Crippen molar-refractivity contribution in [1.82, 2.24) is 14.4 Å². The summed E-state index contributed by atoms with van der Waals surface area (Å²) in [6.07, 6.45) is 3.16. The maximum absolute atomic E-state index is 9.85. The van der Waals surface area contributed by atoms with Gasteiger partial charge >= 0.3 is 0 Å². The second-order valence-electron chi connectivity index (χ2n) is 4.23. The molecule has 0 bridgehead atoms. The van der Waals surface area contributed by atoms with Gasteiger partial charge in [0.05, 0.1) is 11.9 Å². The van der Waals surface area contributed by atoms with Gasteiger partial charge in [0.15, 0.2) is 17.1 Å². The van der Waals surface area contributed by atoms with Gasteiger partial charge in [-0.1, -0.05) is 0 Å². The summed E-state index contributed by atoms with van der Waals surface area (Å²) >= 11 is 0. The molecule has 0 atom stereocenters. The van der Waals surface area contributed by atoms with Gasteiger partial charge < -0.3 is 15.3 Å². The summed E-state index contributed by atoms with van der Waals surface area (Å²) in [6, 6.07) is 4.42. The summed E-state index contributed by atoms with van der Waals surface area (Å²) in [5.41, 5.74) is 2.24. The highest BCUT2D eigenvalue weighted by Gasteiger charge is 2.10. The average molecular weight is 257 g/mol. The van der Waals surface area contributed by atoms with Crippen molar-refractivity contribution in [2.75, 3.05) is 0 Å². The summed E-state index contributed by atoms with van der Waals surface area (Å²) in [4.78, 5) is 8.36. The van der Waals surface area contributed by atoms with E-state index in [4.69, 9.17) is 0 Å². The molecule has 19 heavy (non-hydrogen) atoms. The first kappa shape index (κ1) is 11.3. The number of aryl methyl sites for hydroxylation is 1.